The Kier molecular flexibility index (Phi) is 4.60. The third kappa shape index (κ3) is 3.52. The molecule has 6 nitrogen and oxygen atoms in total. The highest BCUT2D eigenvalue weighted by Crippen LogP contribution is 2.15. The lowest BCUT2D eigenvalue weighted by Gasteiger charge is -2.08. The Bertz CT molecular complexity index is 704. The lowest BCUT2D eigenvalue weighted by molar-refractivity contribution is 0.0696. The average Bonchev–Trinajstić information content (AvgIpc) is 2.80. The quantitative estimate of drug-likeness (QED) is 0.889. The second-order valence-corrected chi connectivity index (χ2v) is 5.56. The zero-order chi connectivity index (χ0) is 16.3. The van der Waals surface area contributed by atoms with Crippen LogP contribution in [0.1, 0.15) is 40.3 Å². The Labute approximate surface area is 128 Å². The topological polar surface area (TPSA) is 84.2 Å². The Balaban J connectivity index is 2.17. The van der Waals surface area contributed by atoms with Crippen molar-refractivity contribution in [1.82, 2.24) is 9.78 Å². The molecule has 0 fully saturated rings. The maximum Gasteiger partial charge on any atom is 0.335 e. The molecule has 6 heteroatoms. The van der Waals surface area contributed by atoms with Crippen LogP contribution < -0.4 is 5.32 Å². The molecule has 0 atom stereocenters. The number of carboxylic acid groups (broad SMARTS) is 1. The number of nitrogens with zero attached hydrogens (tertiary/aromatic N) is 2. The van der Waals surface area contributed by atoms with Crippen molar-refractivity contribution in [3.05, 3.63) is 47.3 Å². The van der Waals surface area contributed by atoms with E-state index in [2.05, 4.69) is 24.3 Å². The van der Waals surface area contributed by atoms with Crippen LogP contribution in [-0.2, 0) is 6.54 Å². The number of carbonyl (C=O) groups excluding carboxylic acids is 1. The molecule has 1 heterocycles. The van der Waals surface area contributed by atoms with Gasteiger partial charge in [-0.2, -0.15) is 5.10 Å². The van der Waals surface area contributed by atoms with E-state index in [0.29, 0.717) is 17.2 Å². The van der Waals surface area contributed by atoms with Crippen molar-refractivity contribution in [2.24, 2.45) is 5.92 Å². The lowest BCUT2D eigenvalue weighted by atomic mass is 10.2. The number of amides is 1. The minimum atomic E-state index is -1.03. The molecule has 2 N–H and O–H groups in total. The second kappa shape index (κ2) is 6.43. The summed E-state index contributed by atoms with van der Waals surface area (Å²) < 4.78 is 1.80. The van der Waals surface area contributed by atoms with Crippen LogP contribution in [-0.4, -0.2) is 26.8 Å². The van der Waals surface area contributed by atoms with Crippen LogP contribution in [0.4, 0.5) is 5.69 Å². The summed E-state index contributed by atoms with van der Waals surface area (Å²) in [5.74, 6) is -0.895. The van der Waals surface area contributed by atoms with Gasteiger partial charge in [0.1, 0.15) is 0 Å². The first-order valence-electron chi connectivity index (χ1n) is 7.05. The number of carboxylic acids is 1. The summed E-state index contributed by atoms with van der Waals surface area (Å²) in [6, 6.07) is 6.14. The summed E-state index contributed by atoms with van der Waals surface area (Å²) in [4.78, 5) is 23.2. The van der Waals surface area contributed by atoms with Gasteiger partial charge in [-0.25, -0.2) is 4.79 Å². The van der Waals surface area contributed by atoms with E-state index in [1.165, 1.54) is 18.3 Å². The monoisotopic (exact) mass is 301 g/mol. The summed E-state index contributed by atoms with van der Waals surface area (Å²) in [6.07, 6.45) is 1.54. The summed E-state index contributed by atoms with van der Waals surface area (Å²) >= 11 is 0. The van der Waals surface area contributed by atoms with Crippen molar-refractivity contribution in [3.63, 3.8) is 0 Å². The number of anilines is 1. The molecule has 0 saturated heterocycles. The molecule has 0 aliphatic heterocycles. The van der Waals surface area contributed by atoms with Crippen LogP contribution in [0.5, 0.6) is 0 Å². The Morgan fingerprint density at radius 2 is 2.09 bits per heavy atom. The van der Waals surface area contributed by atoms with Crippen LogP contribution >= 0.6 is 0 Å². The van der Waals surface area contributed by atoms with Gasteiger partial charge in [0, 0.05) is 17.9 Å². The molecule has 0 aliphatic rings. The second-order valence-electron chi connectivity index (χ2n) is 5.56. The molecule has 0 spiro atoms. The highest BCUT2D eigenvalue weighted by Gasteiger charge is 2.15. The van der Waals surface area contributed by atoms with Gasteiger partial charge in [0.2, 0.25) is 0 Å². The standard InChI is InChI=1S/C16H19N3O3/c1-10(2)9-19-11(3)14(8-17-19)15(20)18-13-6-4-5-12(7-13)16(21)22/h4-8,10H,9H2,1-3H3,(H,18,20)(H,21,22). The fourth-order valence-corrected chi connectivity index (χ4v) is 2.13. The van der Waals surface area contributed by atoms with E-state index >= 15 is 0 Å². The van der Waals surface area contributed by atoms with E-state index in [9.17, 15) is 9.59 Å². The van der Waals surface area contributed by atoms with E-state index in [-0.39, 0.29) is 11.5 Å². The molecule has 1 aromatic heterocycles. The Morgan fingerprint density at radius 1 is 1.36 bits per heavy atom. The predicted octanol–water partition coefficient (Wildman–Crippen LogP) is 2.80. The summed E-state index contributed by atoms with van der Waals surface area (Å²) in [5, 5.41) is 15.9. The first-order valence-corrected chi connectivity index (χ1v) is 7.05. The maximum atomic E-state index is 12.3. The highest BCUT2D eigenvalue weighted by atomic mass is 16.4. The molecule has 0 radical (unpaired) electrons. The largest absolute Gasteiger partial charge is 0.478 e. The van der Waals surface area contributed by atoms with Crippen LogP contribution in [0.15, 0.2) is 30.5 Å². The summed E-state index contributed by atoms with van der Waals surface area (Å²) in [6.45, 7) is 6.75. The fraction of sp³-hybridized carbons (Fsp3) is 0.312. The molecule has 22 heavy (non-hydrogen) atoms. The average molecular weight is 301 g/mol. The van der Waals surface area contributed by atoms with E-state index in [1.54, 1.807) is 16.8 Å². The van der Waals surface area contributed by atoms with Gasteiger partial charge in [0.05, 0.1) is 17.3 Å². The van der Waals surface area contributed by atoms with Gasteiger partial charge in [-0.1, -0.05) is 19.9 Å². The molecule has 0 saturated carbocycles. The SMILES string of the molecule is Cc1c(C(=O)Nc2cccc(C(=O)O)c2)cnn1CC(C)C. The number of hydrogen-bond donors (Lipinski definition) is 2. The van der Waals surface area contributed by atoms with Gasteiger partial charge in [0.25, 0.3) is 5.91 Å². The molecule has 0 bridgehead atoms. The van der Waals surface area contributed by atoms with Crippen LogP contribution in [0.2, 0.25) is 0 Å². The highest BCUT2D eigenvalue weighted by molar-refractivity contribution is 6.05. The number of aromatic carboxylic acids is 1. The predicted molar refractivity (Wildman–Crippen MR) is 83.2 cm³/mol. The van der Waals surface area contributed by atoms with Crippen molar-refractivity contribution in [1.29, 1.82) is 0 Å². The fourth-order valence-electron chi connectivity index (χ4n) is 2.13. The third-order valence-corrected chi connectivity index (χ3v) is 3.25. The molecule has 116 valence electrons. The first kappa shape index (κ1) is 15.8. The van der Waals surface area contributed by atoms with Gasteiger partial charge in [-0.05, 0) is 31.0 Å². The molecular formula is C16H19N3O3. The zero-order valence-corrected chi connectivity index (χ0v) is 12.8. The minimum Gasteiger partial charge on any atom is -0.478 e. The van der Waals surface area contributed by atoms with Gasteiger partial charge in [-0.3, -0.25) is 9.48 Å². The minimum absolute atomic E-state index is 0.130. The van der Waals surface area contributed by atoms with Gasteiger partial charge in [-0.15, -0.1) is 0 Å². The van der Waals surface area contributed by atoms with E-state index in [1.807, 2.05) is 6.92 Å². The molecule has 0 aliphatic carbocycles. The van der Waals surface area contributed by atoms with Crippen LogP contribution in [0.3, 0.4) is 0 Å². The van der Waals surface area contributed by atoms with Crippen LogP contribution in [0, 0.1) is 12.8 Å². The molecular weight excluding hydrogens is 282 g/mol. The Morgan fingerprint density at radius 3 is 2.73 bits per heavy atom. The van der Waals surface area contributed by atoms with Crippen molar-refractivity contribution in [2.45, 2.75) is 27.3 Å². The zero-order valence-electron chi connectivity index (χ0n) is 12.8. The van der Waals surface area contributed by atoms with Crippen LogP contribution in [0.25, 0.3) is 0 Å². The van der Waals surface area contributed by atoms with E-state index in [0.717, 1.165) is 12.2 Å². The smallest absolute Gasteiger partial charge is 0.335 e. The maximum absolute atomic E-state index is 12.3. The number of nitrogens with one attached hydrogen (secondary N) is 1. The van der Waals surface area contributed by atoms with Crippen molar-refractivity contribution < 1.29 is 14.7 Å². The number of hydrogen-bond acceptors (Lipinski definition) is 3. The van der Waals surface area contributed by atoms with E-state index < -0.39 is 5.97 Å². The normalized spacial score (nSPS) is 10.7. The number of benzene rings is 1. The van der Waals surface area contributed by atoms with E-state index in [4.69, 9.17) is 5.11 Å². The van der Waals surface area contributed by atoms with Gasteiger partial charge >= 0.3 is 5.97 Å². The van der Waals surface area contributed by atoms with Crippen molar-refractivity contribution in [3.8, 4) is 0 Å². The summed E-state index contributed by atoms with van der Waals surface area (Å²) in [5.41, 5.74) is 1.85. The Hall–Kier alpha value is -2.63. The van der Waals surface area contributed by atoms with Crippen molar-refractivity contribution >= 4 is 17.6 Å². The molecule has 1 aromatic carbocycles. The molecule has 1 amide bonds. The molecule has 0 unspecified atom stereocenters. The number of aromatic nitrogens is 2. The molecule has 2 aromatic rings. The lowest BCUT2D eigenvalue weighted by Crippen LogP contribution is -2.14. The first-order chi connectivity index (χ1) is 10.4. The summed E-state index contributed by atoms with van der Waals surface area (Å²) in [7, 11) is 0. The number of rotatable bonds is 5. The van der Waals surface area contributed by atoms with Gasteiger partial charge in [0.15, 0.2) is 0 Å². The number of carbonyl (C=O) groups is 2. The van der Waals surface area contributed by atoms with Crippen molar-refractivity contribution in [2.75, 3.05) is 5.32 Å². The molecule has 2 rings (SSSR count). The van der Waals surface area contributed by atoms with Gasteiger partial charge < -0.3 is 10.4 Å². The third-order valence-electron chi connectivity index (χ3n) is 3.25.